The monoisotopic (exact) mass is 324 g/mol. The first-order valence-corrected chi connectivity index (χ1v) is 8.63. The molecule has 4 nitrogen and oxygen atoms in total. The number of hydrogen-bond acceptors (Lipinski definition) is 4. The number of benzene rings is 2. The number of rotatable bonds is 3. The molecule has 4 rings (SSSR count). The van der Waals surface area contributed by atoms with Gasteiger partial charge in [0, 0.05) is 11.8 Å². The summed E-state index contributed by atoms with van der Waals surface area (Å²) in [4.78, 5) is 17.6. The molecule has 1 aliphatic heterocycles. The van der Waals surface area contributed by atoms with E-state index in [1.165, 1.54) is 0 Å². The molecule has 0 saturated heterocycles. The van der Waals surface area contributed by atoms with E-state index in [-0.39, 0.29) is 11.8 Å². The van der Waals surface area contributed by atoms with Crippen molar-refractivity contribution in [3.05, 3.63) is 54.1 Å². The minimum absolute atomic E-state index is 0.0941. The summed E-state index contributed by atoms with van der Waals surface area (Å²) in [5.74, 6) is 1.48. The van der Waals surface area contributed by atoms with Crippen LogP contribution in [-0.2, 0) is 0 Å². The molecule has 0 aliphatic carbocycles. The van der Waals surface area contributed by atoms with Gasteiger partial charge in [-0.3, -0.25) is 9.36 Å². The summed E-state index contributed by atoms with van der Waals surface area (Å²) in [5.41, 5.74) is 2.71. The van der Waals surface area contributed by atoms with Crippen LogP contribution in [0.1, 0.15) is 23.2 Å². The molecule has 0 bridgehead atoms. The molecule has 1 aliphatic rings. The van der Waals surface area contributed by atoms with E-state index in [4.69, 9.17) is 4.74 Å². The third-order valence-corrected chi connectivity index (χ3v) is 5.04. The summed E-state index contributed by atoms with van der Waals surface area (Å²) in [6, 6.07) is 15.7. The van der Waals surface area contributed by atoms with E-state index in [0.717, 1.165) is 33.3 Å². The van der Waals surface area contributed by atoms with Gasteiger partial charge in [0.25, 0.3) is 0 Å². The van der Waals surface area contributed by atoms with Crippen LogP contribution in [0.5, 0.6) is 5.75 Å². The smallest absolute Gasteiger partial charge is 0.241 e. The van der Waals surface area contributed by atoms with Gasteiger partial charge in [0.1, 0.15) is 5.75 Å². The van der Waals surface area contributed by atoms with Crippen LogP contribution < -0.4 is 4.74 Å². The largest absolute Gasteiger partial charge is 0.494 e. The molecule has 0 saturated carbocycles. The lowest BCUT2D eigenvalue weighted by molar-refractivity contribution is 0.0876. The first kappa shape index (κ1) is 14.3. The lowest BCUT2D eigenvalue weighted by atomic mass is 10.00. The van der Waals surface area contributed by atoms with Crippen molar-refractivity contribution in [2.45, 2.75) is 18.0 Å². The number of hydrogen-bond donors (Lipinski definition) is 0. The predicted molar refractivity (Wildman–Crippen MR) is 91.4 cm³/mol. The number of imidazole rings is 1. The van der Waals surface area contributed by atoms with Crippen molar-refractivity contribution in [1.29, 1.82) is 0 Å². The second-order valence-electron chi connectivity index (χ2n) is 5.43. The summed E-state index contributed by atoms with van der Waals surface area (Å²) in [5, 5.41) is 0.769. The van der Waals surface area contributed by atoms with Crippen molar-refractivity contribution >= 4 is 28.7 Å². The van der Waals surface area contributed by atoms with E-state index in [1.807, 2.05) is 55.5 Å². The average Bonchev–Trinajstić information content (AvgIpc) is 2.95. The number of thioether (sulfide) groups is 1. The van der Waals surface area contributed by atoms with Gasteiger partial charge in [0.05, 0.1) is 23.6 Å². The number of aromatic nitrogens is 2. The van der Waals surface area contributed by atoms with E-state index in [9.17, 15) is 4.79 Å². The Balaban J connectivity index is 1.78. The van der Waals surface area contributed by atoms with Crippen LogP contribution in [0.4, 0.5) is 0 Å². The van der Waals surface area contributed by atoms with E-state index in [0.29, 0.717) is 6.61 Å². The molecule has 23 heavy (non-hydrogen) atoms. The van der Waals surface area contributed by atoms with Crippen LogP contribution in [0.3, 0.4) is 0 Å². The minimum atomic E-state index is -0.127. The van der Waals surface area contributed by atoms with Gasteiger partial charge in [-0.15, -0.1) is 0 Å². The highest BCUT2D eigenvalue weighted by Gasteiger charge is 2.31. The second kappa shape index (κ2) is 5.74. The highest BCUT2D eigenvalue weighted by molar-refractivity contribution is 7.99. The zero-order valence-corrected chi connectivity index (χ0v) is 13.5. The van der Waals surface area contributed by atoms with Crippen LogP contribution in [-0.4, -0.2) is 27.8 Å². The fourth-order valence-electron chi connectivity index (χ4n) is 2.91. The third-order valence-electron chi connectivity index (χ3n) is 4.01. The van der Waals surface area contributed by atoms with Gasteiger partial charge in [-0.2, -0.15) is 0 Å². The zero-order valence-electron chi connectivity index (χ0n) is 12.7. The number of fused-ring (bicyclic) bond motifs is 3. The lowest BCUT2D eigenvalue weighted by Gasteiger charge is -2.22. The Morgan fingerprint density at radius 3 is 2.87 bits per heavy atom. The topological polar surface area (TPSA) is 44.1 Å². The highest BCUT2D eigenvalue weighted by Crippen LogP contribution is 2.36. The molecule has 0 fully saturated rings. The zero-order chi connectivity index (χ0) is 15.8. The van der Waals surface area contributed by atoms with E-state index in [1.54, 1.807) is 16.3 Å². The Morgan fingerprint density at radius 1 is 1.26 bits per heavy atom. The van der Waals surface area contributed by atoms with Crippen LogP contribution in [0.2, 0.25) is 0 Å². The second-order valence-corrected chi connectivity index (χ2v) is 6.41. The molecule has 0 amide bonds. The van der Waals surface area contributed by atoms with Crippen molar-refractivity contribution in [1.82, 2.24) is 9.55 Å². The summed E-state index contributed by atoms with van der Waals surface area (Å²) in [6.45, 7) is 2.56. The number of carbonyl (C=O) groups is 1. The van der Waals surface area contributed by atoms with Gasteiger partial charge < -0.3 is 4.74 Å². The average molecular weight is 324 g/mol. The molecule has 0 radical (unpaired) electrons. The standard InChI is InChI=1S/C18H16N2O2S/c1-2-22-13-8-9-16-15(10-13)19-18-20(16)17(21)14(11-23-18)12-6-4-3-5-7-12/h3-10,14H,2,11H2,1H3/t14-/m1/s1. The summed E-state index contributed by atoms with van der Waals surface area (Å²) < 4.78 is 7.27. The van der Waals surface area contributed by atoms with Gasteiger partial charge in [-0.1, -0.05) is 42.1 Å². The Kier molecular flexibility index (Phi) is 3.58. The maximum atomic E-state index is 13.0. The molecule has 2 heterocycles. The van der Waals surface area contributed by atoms with Gasteiger partial charge in [0.2, 0.25) is 5.91 Å². The van der Waals surface area contributed by atoms with Crippen LogP contribution in [0.15, 0.2) is 53.7 Å². The molecule has 2 aromatic carbocycles. The van der Waals surface area contributed by atoms with Crippen LogP contribution in [0, 0.1) is 0 Å². The molecule has 0 N–H and O–H groups in total. The van der Waals surface area contributed by atoms with Crippen molar-refractivity contribution in [2.24, 2.45) is 0 Å². The predicted octanol–water partition coefficient (Wildman–Crippen LogP) is 3.96. The molecule has 116 valence electrons. The van der Waals surface area contributed by atoms with Gasteiger partial charge >= 0.3 is 0 Å². The van der Waals surface area contributed by atoms with Gasteiger partial charge in [-0.25, -0.2) is 4.98 Å². The van der Waals surface area contributed by atoms with Crippen molar-refractivity contribution in [3.63, 3.8) is 0 Å². The Hall–Kier alpha value is -2.27. The SMILES string of the molecule is CCOc1ccc2c(c1)nc1n2C(=O)[C@@H](c2ccccc2)CS1. The van der Waals surface area contributed by atoms with Gasteiger partial charge in [0.15, 0.2) is 5.16 Å². The molecule has 3 aromatic rings. The van der Waals surface area contributed by atoms with Crippen molar-refractivity contribution in [2.75, 3.05) is 12.4 Å². The molecular weight excluding hydrogens is 308 g/mol. The molecule has 5 heteroatoms. The highest BCUT2D eigenvalue weighted by atomic mass is 32.2. The molecule has 0 spiro atoms. The van der Waals surface area contributed by atoms with Gasteiger partial charge in [-0.05, 0) is 24.6 Å². The fraction of sp³-hybridized carbons (Fsp3) is 0.222. The third kappa shape index (κ3) is 2.41. The molecule has 1 aromatic heterocycles. The van der Waals surface area contributed by atoms with Crippen molar-refractivity contribution in [3.8, 4) is 5.75 Å². The molecular formula is C18H16N2O2S. The number of ether oxygens (including phenoxy) is 1. The van der Waals surface area contributed by atoms with E-state index in [2.05, 4.69) is 4.98 Å². The summed E-state index contributed by atoms with van der Waals surface area (Å²) in [6.07, 6.45) is 0. The maximum Gasteiger partial charge on any atom is 0.241 e. The maximum absolute atomic E-state index is 13.0. The molecule has 0 unspecified atom stereocenters. The molecule has 1 atom stereocenters. The minimum Gasteiger partial charge on any atom is -0.494 e. The van der Waals surface area contributed by atoms with E-state index < -0.39 is 0 Å². The quantitative estimate of drug-likeness (QED) is 0.731. The first-order valence-electron chi connectivity index (χ1n) is 7.65. The van der Waals surface area contributed by atoms with Crippen LogP contribution >= 0.6 is 11.8 Å². The number of carbonyl (C=O) groups excluding carboxylic acids is 1. The fourth-order valence-corrected chi connectivity index (χ4v) is 4.04. The Morgan fingerprint density at radius 2 is 2.09 bits per heavy atom. The lowest BCUT2D eigenvalue weighted by Crippen LogP contribution is -2.26. The number of nitrogens with zero attached hydrogens (tertiary/aromatic N) is 2. The summed E-state index contributed by atoms with van der Waals surface area (Å²) >= 11 is 1.63. The Bertz CT molecular complexity index is 873. The summed E-state index contributed by atoms with van der Waals surface area (Å²) in [7, 11) is 0. The first-order chi connectivity index (χ1) is 11.3. The van der Waals surface area contributed by atoms with Crippen LogP contribution in [0.25, 0.3) is 11.0 Å². The van der Waals surface area contributed by atoms with E-state index >= 15 is 0 Å². The van der Waals surface area contributed by atoms with Crippen molar-refractivity contribution < 1.29 is 9.53 Å². The Labute approximate surface area is 138 Å². The normalized spacial score (nSPS) is 17.3.